The Labute approximate surface area is 219 Å². The van der Waals surface area contributed by atoms with Crippen LogP contribution >= 0.6 is 11.3 Å². The molecule has 1 N–H and O–H groups in total. The van der Waals surface area contributed by atoms with E-state index in [2.05, 4.69) is 24.1 Å². The minimum Gasteiger partial charge on any atom is -0.368 e. The fourth-order valence-corrected chi connectivity index (χ4v) is 6.93. The van der Waals surface area contributed by atoms with Crippen LogP contribution in [0.1, 0.15) is 55.8 Å². The lowest BCUT2D eigenvalue weighted by atomic mass is 9.95. The number of anilines is 1. The van der Waals surface area contributed by atoms with Gasteiger partial charge in [0.2, 0.25) is 5.91 Å². The van der Waals surface area contributed by atoms with E-state index in [0.717, 1.165) is 10.6 Å². The summed E-state index contributed by atoms with van der Waals surface area (Å²) in [6.07, 6.45) is -5.43. The molecule has 37 heavy (non-hydrogen) atoms. The number of ether oxygens (including phenoxy) is 1. The summed E-state index contributed by atoms with van der Waals surface area (Å²) in [4.78, 5) is 20.9. The molecule has 0 radical (unpaired) electrons. The van der Waals surface area contributed by atoms with Gasteiger partial charge in [0.15, 0.2) is 21.1 Å². The molecule has 7 nitrogen and oxygen atoms in total. The zero-order chi connectivity index (χ0) is 27.0. The highest BCUT2D eigenvalue weighted by Gasteiger charge is 2.44. The molecular weight excluding hydrogens is 527 g/mol. The first-order chi connectivity index (χ1) is 17.4. The van der Waals surface area contributed by atoms with Crippen LogP contribution in [0, 0.1) is 11.8 Å². The molecule has 1 saturated heterocycles. The van der Waals surface area contributed by atoms with E-state index in [-0.39, 0.29) is 53.9 Å². The fraction of sp³-hybridized carbons (Fsp3) is 0.600. The summed E-state index contributed by atoms with van der Waals surface area (Å²) in [7, 11) is -3.29. The normalized spacial score (nSPS) is 22.8. The third-order valence-electron chi connectivity index (χ3n) is 6.88. The van der Waals surface area contributed by atoms with Crippen LogP contribution in [0.25, 0.3) is 0 Å². The van der Waals surface area contributed by atoms with Gasteiger partial charge in [0, 0.05) is 18.0 Å². The van der Waals surface area contributed by atoms with E-state index in [1.807, 2.05) is 0 Å². The van der Waals surface area contributed by atoms with Crippen LogP contribution in [0.5, 0.6) is 0 Å². The van der Waals surface area contributed by atoms with E-state index < -0.39 is 22.1 Å². The first kappa shape index (κ1) is 28.0. The van der Waals surface area contributed by atoms with Crippen LogP contribution in [-0.4, -0.2) is 55.4 Å². The zero-order valence-electron chi connectivity index (χ0n) is 21.0. The van der Waals surface area contributed by atoms with E-state index >= 15 is 0 Å². The molecule has 0 bridgehead atoms. The van der Waals surface area contributed by atoms with Crippen LogP contribution in [0.2, 0.25) is 0 Å². The molecule has 3 heterocycles. The summed E-state index contributed by atoms with van der Waals surface area (Å²) in [5.74, 6) is 0.0440. The van der Waals surface area contributed by atoms with Crippen molar-refractivity contribution < 1.29 is 31.1 Å². The molecule has 1 aromatic carbocycles. The van der Waals surface area contributed by atoms with Crippen molar-refractivity contribution in [3.63, 3.8) is 0 Å². The summed E-state index contributed by atoms with van der Waals surface area (Å²) in [5, 5.41) is 3.37. The molecular formula is C25H32F3N3O4S2. The standard InChI is InChI=1S/C25H32F3N3O4S2/c1-4-37(33,34)18-8-5-16(6-9-18)11-21(32)29-24-30-22-19(36-24)13-31(23(22)15(2)3)12-17-7-10-20(35-14-17)25(26,27)28/h5-6,8-9,15,17,20,23H,4,7,10-14H2,1-3H3,(H,29,30,32)/t17?,20-,23+/m1/s1. The number of thiazole rings is 1. The molecule has 0 spiro atoms. The van der Waals surface area contributed by atoms with Crippen LogP contribution in [0.3, 0.4) is 0 Å². The number of carbonyl (C=O) groups is 1. The van der Waals surface area contributed by atoms with Gasteiger partial charge in [-0.05, 0) is 42.4 Å². The number of amides is 1. The van der Waals surface area contributed by atoms with Gasteiger partial charge in [-0.3, -0.25) is 9.69 Å². The molecule has 1 unspecified atom stereocenters. The maximum Gasteiger partial charge on any atom is 0.414 e. The van der Waals surface area contributed by atoms with Gasteiger partial charge >= 0.3 is 6.18 Å². The molecule has 2 aliphatic rings. The molecule has 204 valence electrons. The third-order valence-corrected chi connectivity index (χ3v) is 9.60. The van der Waals surface area contributed by atoms with Crippen molar-refractivity contribution in [1.29, 1.82) is 0 Å². The van der Waals surface area contributed by atoms with E-state index in [0.29, 0.717) is 30.2 Å². The molecule has 0 saturated carbocycles. The number of sulfone groups is 1. The smallest absolute Gasteiger partial charge is 0.368 e. The molecule has 12 heteroatoms. The topological polar surface area (TPSA) is 88.6 Å². The van der Waals surface area contributed by atoms with E-state index in [1.165, 1.54) is 23.5 Å². The van der Waals surface area contributed by atoms with E-state index in [4.69, 9.17) is 9.72 Å². The Morgan fingerprint density at radius 1 is 1.24 bits per heavy atom. The van der Waals surface area contributed by atoms with Crippen molar-refractivity contribution >= 4 is 32.2 Å². The second kappa shape index (κ2) is 11.0. The maximum atomic E-state index is 12.9. The number of alkyl halides is 3. The Kier molecular flexibility index (Phi) is 8.32. The number of carbonyl (C=O) groups excluding carboxylic acids is 1. The number of nitrogens with zero attached hydrogens (tertiary/aromatic N) is 2. The predicted octanol–water partition coefficient (Wildman–Crippen LogP) is 4.99. The molecule has 0 aliphatic carbocycles. The Morgan fingerprint density at radius 3 is 2.51 bits per heavy atom. The van der Waals surface area contributed by atoms with Crippen molar-refractivity contribution in [1.82, 2.24) is 9.88 Å². The van der Waals surface area contributed by atoms with Crippen LogP contribution in [0.15, 0.2) is 29.2 Å². The monoisotopic (exact) mass is 559 g/mol. The largest absolute Gasteiger partial charge is 0.414 e. The minimum atomic E-state index is -4.31. The van der Waals surface area contributed by atoms with Gasteiger partial charge in [0.1, 0.15) is 0 Å². The molecule has 2 aliphatic heterocycles. The highest BCUT2D eigenvalue weighted by molar-refractivity contribution is 7.91. The number of fused-ring (bicyclic) bond motifs is 1. The summed E-state index contributed by atoms with van der Waals surface area (Å²) in [5.41, 5.74) is 1.61. The summed E-state index contributed by atoms with van der Waals surface area (Å²) in [6.45, 7) is 7.13. The quantitative estimate of drug-likeness (QED) is 0.491. The van der Waals surface area contributed by atoms with Gasteiger partial charge in [0.05, 0.1) is 35.4 Å². The molecule has 1 amide bonds. The minimum absolute atomic E-state index is 0.0122. The van der Waals surface area contributed by atoms with E-state index in [9.17, 15) is 26.4 Å². The number of rotatable bonds is 8. The van der Waals surface area contributed by atoms with Gasteiger partial charge in [-0.2, -0.15) is 13.2 Å². The second-order valence-corrected chi connectivity index (χ2v) is 13.4. The van der Waals surface area contributed by atoms with Gasteiger partial charge in [-0.25, -0.2) is 13.4 Å². The number of halogens is 3. The molecule has 1 aromatic heterocycles. The average Bonchev–Trinajstić information content (AvgIpc) is 3.35. The van der Waals surface area contributed by atoms with E-state index in [1.54, 1.807) is 19.1 Å². The number of hydrogen-bond acceptors (Lipinski definition) is 7. The molecule has 1 fully saturated rings. The van der Waals surface area contributed by atoms with Crippen molar-refractivity contribution in [3.05, 3.63) is 40.4 Å². The van der Waals surface area contributed by atoms with Crippen molar-refractivity contribution in [2.45, 2.75) is 69.8 Å². The summed E-state index contributed by atoms with van der Waals surface area (Å²) < 4.78 is 67.8. The zero-order valence-corrected chi connectivity index (χ0v) is 22.7. The molecule has 4 rings (SSSR count). The van der Waals surface area contributed by atoms with Crippen molar-refractivity contribution in [2.24, 2.45) is 11.8 Å². The summed E-state index contributed by atoms with van der Waals surface area (Å²) in [6, 6.07) is 6.33. The number of benzene rings is 1. The maximum absolute atomic E-state index is 12.9. The average molecular weight is 560 g/mol. The van der Waals surface area contributed by atoms with Crippen LogP contribution < -0.4 is 5.32 Å². The van der Waals surface area contributed by atoms with Crippen LogP contribution in [-0.2, 0) is 32.3 Å². The Morgan fingerprint density at radius 2 is 1.95 bits per heavy atom. The first-order valence-corrected chi connectivity index (χ1v) is 14.9. The lowest BCUT2D eigenvalue weighted by molar-refractivity contribution is -0.236. The Balaban J connectivity index is 1.35. The van der Waals surface area contributed by atoms with Crippen molar-refractivity contribution in [3.8, 4) is 0 Å². The number of aromatic nitrogens is 1. The molecule has 2 aromatic rings. The van der Waals surface area contributed by atoms with Gasteiger partial charge in [-0.15, -0.1) is 11.3 Å². The lowest BCUT2D eigenvalue weighted by Crippen LogP contribution is -2.41. The van der Waals surface area contributed by atoms with Gasteiger partial charge < -0.3 is 10.1 Å². The predicted molar refractivity (Wildman–Crippen MR) is 135 cm³/mol. The lowest BCUT2D eigenvalue weighted by Gasteiger charge is -2.35. The highest BCUT2D eigenvalue weighted by Crippen LogP contribution is 2.43. The van der Waals surface area contributed by atoms with Crippen LogP contribution in [0.4, 0.5) is 18.3 Å². The first-order valence-electron chi connectivity index (χ1n) is 12.4. The SMILES string of the molecule is CCS(=O)(=O)c1ccc(CC(=O)Nc2nc3c(s2)CN(CC2CC[C@H](C(F)(F)F)OC2)[C@H]3C(C)C)cc1. The van der Waals surface area contributed by atoms with Gasteiger partial charge in [0.25, 0.3) is 0 Å². The Bertz CT molecular complexity index is 1200. The van der Waals surface area contributed by atoms with Crippen molar-refractivity contribution in [2.75, 3.05) is 24.2 Å². The third kappa shape index (κ3) is 6.52. The Hall–Kier alpha value is -2.02. The fourth-order valence-electron chi connectivity index (χ4n) is 5.00. The highest BCUT2D eigenvalue weighted by atomic mass is 32.2. The number of nitrogens with one attached hydrogen (secondary N) is 1. The number of hydrogen-bond donors (Lipinski definition) is 1. The summed E-state index contributed by atoms with van der Waals surface area (Å²) >= 11 is 1.42. The van der Waals surface area contributed by atoms with Gasteiger partial charge in [-0.1, -0.05) is 32.9 Å². The molecule has 3 atom stereocenters. The second-order valence-electron chi connectivity index (χ2n) is 10.0.